The lowest BCUT2D eigenvalue weighted by Crippen LogP contribution is -2.49. The first-order chi connectivity index (χ1) is 9.63. The van der Waals surface area contributed by atoms with Gasteiger partial charge < -0.3 is 26.6 Å². The molecule has 0 aromatic carbocycles. The van der Waals surface area contributed by atoms with E-state index in [9.17, 15) is 19.2 Å². The Bertz CT molecular complexity index is 410. The molecule has 0 bridgehead atoms. The van der Waals surface area contributed by atoms with Crippen LogP contribution in [0.4, 0.5) is 0 Å². The molecule has 0 spiro atoms. The molecule has 9 heteroatoms. The highest BCUT2D eigenvalue weighted by atomic mass is 16.4. The lowest BCUT2D eigenvalue weighted by molar-refractivity contribution is -0.147. The number of hydrogen-bond donors (Lipinski definition) is 5. The van der Waals surface area contributed by atoms with Crippen LogP contribution >= 0.6 is 0 Å². The Morgan fingerprint density at radius 3 is 2.14 bits per heavy atom. The zero-order chi connectivity index (χ0) is 16.6. The van der Waals surface area contributed by atoms with Gasteiger partial charge in [0.25, 0.3) is 0 Å². The Kier molecular flexibility index (Phi) is 7.99. The number of rotatable bonds is 9. The number of carbonyl (C=O) groups is 4. The molecule has 2 amide bonds. The van der Waals surface area contributed by atoms with Gasteiger partial charge in [0, 0.05) is 0 Å². The second kappa shape index (κ2) is 8.90. The fourth-order valence-electron chi connectivity index (χ4n) is 1.53. The number of amides is 2. The molecule has 0 aliphatic rings. The maximum Gasteiger partial charge on any atom is 0.326 e. The van der Waals surface area contributed by atoms with Gasteiger partial charge in [-0.25, -0.2) is 4.79 Å². The Morgan fingerprint density at radius 2 is 1.71 bits per heavy atom. The van der Waals surface area contributed by atoms with E-state index in [0.717, 1.165) is 0 Å². The van der Waals surface area contributed by atoms with Gasteiger partial charge in [-0.15, -0.1) is 0 Å². The van der Waals surface area contributed by atoms with Gasteiger partial charge in [0.15, 0.2) is 0 Å². The third kappa shape index (κ3) is 8.58. The van der Waals surface area contributed by atoms with E-state index in [2.05, 4.69) is 5.32 Å². The number of nitrogens with two attached hydrogens (primary N) is 1. The standard InChI is InChI=1S/C12H21N3O6/c1-6(2)3-7(13)11(19)14-5-9(16)15-8(12(20)21)4-10(17)18/h6-8H,3-5,13H2,1-2H3,(H,14,19)(H,15,16)(H,17,18)(H,20,21). The fourth-order valence-corrected chi connectivity index (χ4v) is 1.53. The van der Waals surface area contributed by atoms with Crippen LogP contribution in [-0.4, -0.2) is 52.6 Å². The highest BCUT2D eigenvalue weighted by molar-refractivity contribution is 5.90. The zero-order valence-electron chi connectivity index (χ0n) is 12.0. The minimum atomic E-state index is -1.55. The molecule has 0 saturated carbocycles. The molecule has 9 nitrogen and oxygen atoms in total. The van der Waals surface area contributed by atoms with Gasteiger partial charge in [0.05, 0.1) is 19.0 Å². The summed E-state index contributed by atoms with van der Waals surface area (Å²) in [6.45, 7) is 3.32. The zero-order valence-corrected chi connectivity index (χ0v) is 12.0. The third-order valence-corrected chi connectivity index (χ3v) is 2.50. The first kappa shape index (κ1) is 18.8. The molecular weight excluding hydrogens is 282 g/mol. The molecule has 0 rings (SSSR count). The average Bonchev–Trinajstić information content (AvgIpc) is 2.33. The van der Waals surface area contributed by atoms with Crippen molar-refractivity contribution in [3.05, 3.63) is 0 Å². The molecule has 0 fully saturated rings. The quantitative estimate of drug-likeness (QED) is 0.347. The lowest BCUT2D eigenvalue weighted by atomic mass is 10.0. The summed E-state index contributed by atoms with van der Waals surface area (Å²) < 4.78 is 0. The van der Waals surface area contributed by atoms with Gasteiger partial charge in [-0.05, 0) is 12.3 Å². The second-order valence-corrected chi connectivity index (χ2v) is 5.01. The van der Waals surface area contributed by atoms with Crippen LogP contribution in [0.2, 0.25) is 0 Å². The highest BCUT2D eigenvalue weighted by Gasteiger charge is 2.23. The number of aliphatic carboxylic acids is 2. The number of carbonyl (C=O) groups excluding carboxylic acids is 2. The van der Waals surface area contributed by atoms with E-state index in [-0.39, 0.29) is 5.92 Å². The van der Waals surface area contributed by atoms with Crippen molar-refractivity contribution in [3.63, 3.8) is 0 Å². The Labute approximate surface area is 121 Å². The first-order valence-electron chi connectivity index (χ1n) is 6.40. The Hall–Kier alpha value is -2.16. The van der Waals surface area contributed by atoms with Gasteiger partial charge in [-0.2, -0.15) is 0 Å². The van der Waals surface area contributed by atoms with E-state index in [1.807, 2.05) is 19.2 Å². The largest absolute Gasteiger partial charge is 0.481 e. The number of carboxylic acid groups (broad SMARTS) is 2. The van der Waals surface area contributed by atoms with Crippen LogP contribution in [0.3, 0.4) is 0 Å². The molecule has 0 aliphatic heterocycles. The molecule has 0 heterocycles. The van der Waals surface area contributed by atoms with Crippen molar-refractivity contribution in [1.29, 1.82) is 0 Å². The summed E-state index contributed by atoms with van der Waals surface area (Å²) >= 11 is 0. The summed E-state index contributed by atoms with van der Waals surface area (Å²) in [5.41, 5.74) is 5.60. The Balaban J connectivity index is 4.27. The van der Waals surface area contributed by atoms with Crippen LogP contribution in [0.15, 0.2) is 0 Å². The van der Waals surface area contributed by atoms with E-state index in [1.54, 1.807) is 0 Å². The van der Waals surface area contributed by atoms with E-state index in [0.29, 0.717) is 6.42 Å². The van der Waals surface area contributed by atoms with Crippen LogP contribution < -0.4 is 16.4 Å². The van der Waals surface area contributed by atoms with Crippen molar-refractivity contribution >= 4 is 23.8 Å². The minimum Gasteiger partial charge on any atom is -0.481 e. The van der Waals surface area contributed by atoms with E-state index < -0.39 is 48.8 Å². The van der Waals surface area contributed by atoms with Crippen molar-refractivity contribution in [2.24, 2.45) is 11.7 Å². The van der Waals surface area contributed by atoms with Crippen LogP contribution in [0.25, 0.3) is 0 Å². The molecule has 0 aliphatic carbocycles. The van der Waals surface area contributed by atoms with Crippen molar-refractivity contribution in [2.75, 3.05) is 6.54 Å². The number of nitrogens with one attached hydrogen (secondary N) is 2. The topological polar surface area (TPSA) is 159 Å². The van der Waals surface area contributed by atoms with Crippen LogP contribution in [0.5, 0.6) is 0 Å². The average molecular weight is 303 g/mol. The molecule has 2 atom stereocenters. The summed E-state index contributed by atoms with van der Waals surface area (Å²) in [6.07, 6.45) is -0.300. The number of carboxylic acids is 2. The normalized spacial score (nSPS) is 13.3. The Morgan fingerprint density at radius 1 is 1.14 bits per heavy atom. The van der Waals surface area contributed by atoms with Gasteiger partial charge in [-0.1, -0.05) is 13.8 Å². The SMILES string of the molecule is CC(C)CC(N)C(=O)NCC(=O)NC(CC(=O)O)C(=O)O. The summed E-state index contributed by atoms with van der Waals surface area (Å²) in [4.78, 5) is 44.2. The molecule has 0 saturated heterocycles. The van der Waals surface area contributed by atoms with Crippen molar-refractivity contribution < 1.29 is 29.4 Å². The molecule has 6 N–H and O–H groups in total. The predicted octanol–water partition coefficient (Wildman–Crippen LogP) is -1.48. The predicted molar refractivity (Wildman–Crippen MR) is 72.3 cm³/mol. The third-order valence-electron chi connectivity index (χ3n) is 2.50. The first-order valence-corrected chi connectivity index (χ1v) is 6.40. The van der Waals surface area contributed by atoms with Crippen molar-refractivity contribution in [3.8, 4) is 0 Å². The summed E-state index contributed by atoms with van der Waals surface area (Å²) in [5, 5.41) is 21.5. The summed E-state index contributed by atoms with van der Waals surface area (Å²) in [6, 6.07) is -2.30. The van der Waals surface area contributed by atoms with Crippen LogP contribution in [0, 0.1) is 5.92 Å². The number of hydrogen-bond acceptors (Lipinski definition) is 5. The highest BCUT2D eigenvalue weighted by Crippen LogP contribution is 2.02. The van der Waals surface area contributed by atoms with Crippen molar-refractivity contribution in [1.82, 2.24) is 10.6 Å². The molecule has 120 valence electrons. The molecule has 2 unspecified atom stereocenters. The molecular formula is C12H21N3O6. The monoisotopic (exact) mass is 303 g/mol. The van der Waals surface area contributed by atoms with Crippen LogP contribution in [0.1, 0.15) is 26.7 Å². The molecule has 0 aromatic heterocycles. The molecule has 0 aromatic rings. The summed E-state index contributed by atoms with van der Waals surface area (Å²) in [5.74, 6) is -3.93. The van der Waals surface area contributed by atoms with E-state index >= 15 is 0 Å². The minimum absolute atomic E-state index is 0.214. The van der Waals surface area contributed by atoms with Crippen LogP contribution in [-0.2, 0) is 19.2 Å². The van der Waals surface area contributed by atoms with Gasteiger partial charge in [0.1, 0.15) is 6.04 Å². The van der Waals surface area contributed by atoms with E-state index in [1.165, 1.54) is 0 Å². The van der Waals surface area contributed by atoms with Gasteiger partial charge in [-0.3, -0.25) is 14.4 Å². The smallest absolute Gasteiger partial charge is 0.326 e. The fraction of sp³-hybridized carbons (Fsp3) is 0.667. The second-order valence-electron chi connectivity index (χ2n) is 5.01. The van der Waals surface area contributed by atoms with Gasteiger partial charge >= 0.3 is 11.9 Å². The summed E-state index contributed by atoms with van der Waals surface area (Å²) in [7, 11) is 0. The van der Waals surface area contributed by atoms with Gasteiger partial charge in [0.2, 0.25) is 11.8 Å². The maximum absolute atomic E-state index is 11.6. The van der Waals surface area contributed by atoms with Crippen molar-refractivity contribution in [2.45, 2.75) is 38.8 Å². The molecule has 21 heavy (non-hydrogen) atoms. The molecule has 0 radical (unpaired) electrons. The lowest BCUT2D eigenvalue weighted by Gasteiger charge is -2.15. The maximum atomic E-state index is 11.6. The van der Waals surface area contributed by atoms with E-state index in [4.69, 9.17) is 15.9 Å².